The highest BCUT2D eigenvalue weighted by Crippen LogP contribution is 2.11. The second kappa shape index (κ2) is 4.45. The molecule has 0 spiro atoms. The minimum atomic E-state index is -4.34. The van der Waals surface area contributed by atoms with Crippen LogP contribution in [0.25, 0.3) is 0 Å². The molecule has 6 nitrogen and oxygen atoms in total. The summed E-state index contributed by atoms with van der Waals surface area (Å²) in [6.07, 6.45) is 1.80. The molecule has 0 aliphatic heterocycles. The van der Waals surface area contributed by atoms with Crippen LogP contribution in [-0.2, 0) is 10.1 Å². The van der Waals surface area contributed by atoms with E-state index in [1.165, 1.54) is 6.07 Å². The topological polar surface area (TPSA) is 93.6 Å². The zero-order valence-electron chi connectivity index (χ0n) is 8.08. The Bertz CT molecular complexity index is 459. The van der Waals surface area contributed by atoms with Gasteiger partial charge in [0.25, 0.3) is 0 Å². The Kier molecular flexibility index (Phi) is 3.48. The number of nitrogens with zero attached hydrogens (tertiary/aromatic N) is 1. The summed E-state index contributed by atoms with van der Waals surface area (Å²) in [6.45, 7) is 2.13. The molecule has 0 amide bonds. The average molecular weight is 233 g/mol. The summed E-state index contributed by atoms with van der Waals surface area (Å²) >= 11 is 0. The molecule has 1 rings (SSSR count). The van der Waals surface area contributed by atoms with Crippen LogP contribution in [-0.4, -0.2) is 30.5 Å². The Labute approximate surface area is 87.2 Å². The standard InChI is InChI=1S/C8H11NO5S/c1-2-5-9(10)6-7-3-4-8(14-7)15(11,12)13/h3-4,6H,2,5H2,1H3,(H,11,12,13). The molecule has 1 aromatic rings. The largest absolute Gasteiger partial charge is 0.624 e. The molecule has 0 unspecified atom stereocenters. The lowest BCUT2D eigenvalue weighted by atomic mass is 10.4. The molecule has 7 heteroatoms. The molecule has 84 valence electrons. The normalized spacial score (nSPS) is 13.1. The van der Waals surface area contributed by atoms with Gasteiger partial charge in [0, 0.05) is 6.42 Å². The number of hydrogen-bond donors (Lipinski definition) is 1. The molecule has 1 N–H and O–H groups in total. The molecule has 0 aliphatic rings. The van der Waals surface area contributed by atoms with Crippen LogP contribution in [0.15, 0.2) is 21.6 Å². The molecule has 0 saturated heterocycles. The van der Waals surface area contributed by atoms with Crippen LogP contribution in [0.5, 0.6) is 0 Å². The first-order chi connectivity index (χ1) is 6.93. The minimum Gasteiger partial charge on any atom is -0.624 e. The van der Waals surface area contributed by atoms with Crippen LogP contribution in [0.1, 0.15) is 19.1 Å². The van der Waals surface area contributed by atoms with Gasteiger partial charge in [0.2, 0.25) is 11.3 Å². The Morgan fingerprint density at radius 2 is 2.27 bits per heavy atom. The highest BCUT2D eigenvalue weighted by atomic mass is 32.2. The number of hydroxylamine groups is 1. The highest BCUT2D eigenvalue weighted by Gasteiger charge is 2.15. The monoisotopic (exact) mass is 233 g/mol. The van der Waals surface area contributed by atoms with E-state index in [0.717, 1.165) is 12.3 Å². The second-order valence-electron chi connectivity index (χ2n) is 2.90. The van der Waals surface area contributed by atoms with Crippen molar-refractivity contribution in [1.29, 1.82) is 0 Å². The fraction of sp³-hybridized carbons (Fsp3) is 0.375. The second-order valence-corrected chi connectivity index (χ2v) is 4.25. The molecule has 15 heavy (non-hydrogen) atoms. The van der Waals surface area contributed by atoms with E-state index >= 15 is 0 Å². The van der Waals surface area contributed by atoms with Gasteiger partial charge in [0.05, 0.1) is 0 Å². The van der Waals surface area contributed by atoms with E-state index < -0.39 is 15.2 Å². The zero-order chi connectivity index (χ0) is 11.5. The van der Waals surface area contributed by atoms with Gasteiger partial charge in [-0.25, -0.2) is 4.74 Å². The van der Waals surface area contributed by atoms with E-state index in [-0.39, 0.29) is 5.76 Å². The number of furan rings is 1. The van der Waals surface area contributed by atoms with Gasteiger partial charge < -0.3 is 9.62 Å². The fourth-order valence-electron chi connectivity index (χ4n) is 0.969. The molecular formula is C8H11NO5S. The van der Waals surface area contributed by atoms with Crippen molar-refractivity contribution >= 4 is 16.3 Å². The molecule has 0 bridgehead atoms. The number of rotatable bonds is 4. The third kappa shape index (κ3) is 3.37. The van der Waals surface area contributed by atoms with Crippen LogP contribution in [0, 0.1) is 5.21 Å². The van der Waals surface area contributed by atoms with Gasteiger partial charge in [-0.05, 0) is 12.1 Å². The molecule has 0 radical (unpaired) electrons. The van der Waals surface area contributed by atoms with Crippen LogP contribution in [0.4, 0.5) is 0 Å². The van der Waals surface area contributed by atoms with E-state index in [9.17, 15) is 13.6 Å². The first-order valence-corrected chi connectivity index (χ1v) is 5.73. The van der Waals surface area contributed by atoms with Gasteiger partial charge in [-0.3, -0.25) is 4.55 Å². The third-order valence-corrected chi connectivity index (χ3v) is 2.30. The van der Waals surface area contributed by atoms with Crippen LogP contribution < -0.4 is 0 Å². The Morgan fingerprint density at radius 1 is 1.60 bits per heavy atom. The van der Waals surface area contributed by atoms with Crippen LogP contribution in [0.3, 0.4) is 0 Å². The van der Waals surface area contributed by atoms with E-state index in [2.05, 4.69) is 0 Å². The lowest BCUT2D eigenvalue weighted by Crippen LogP contribution is -2.05. The van der Waals surface area contributed by atoms with Gasteiger partial charge in [0.1, 0.15) is 0 Å². The predicted molar refractivity (Wildman–Crippen MR) is 52.5 cm³/mol. The molecule has 0 aliphatic carbocycles. The first kappa shape index (κ1) is 11.7. The minimum absolute atomic E-state index is 0.0890. The maximum atomic E-state index is 11.1. The summed E-state index contributed by atoms with van der Waals surface area (Å²) in [5.41, 5.74) is 0. The van der Waals surface area contributed by atoms with E-state index in [1.807, 2.05) is 6.92 Å². The molecular weight excluding hydrogens is 222 g/mol. The van der Waals surface area contributed by atoms with Gasteiger partial charge in [-0.2, -0.15) is 8.42 Å². The van der Waals surface area contributed by atoms with Crippen LogP contribution >= 0.6 is 0 Å². The van der Waals surface area contributed by atoms with Gasteiger partial charge >= 0.3 is 10.1 Å². The summed E-state index contributed by atoms with van der Waals surface area (Å²) < 4.78 is 35.2. The third-order valence-electron chi connectivity index (χ3n) is 1.57. The summed E-state index contributed by atoms with van der Waals surface area (Å²) in [5, 5.41) is 10.5. The molecule has 0 saturated carbocycles. The van der Waals surface area contributed by atoms with E-state index in [4.69, 9.17) is 8.97 Å². The van der Waals surface area contributed by atoms with Crippen molar-refractivity contribution in [3.63, 3.8) is 0 Å². The number of hydrogen-bond acceptors (Lipinski definition) is 4. The predicted octanol–water partition coefficient (Wildman–Crippen LogP) is 0.865. The Morgan fingerprint density at radius 3 is 2.73 bits per heavy atom. The van der Waals surface area contributed by atoms with Crippen LogP contribution in [0.2, 0.25) is 0 Å². The Hall–Kier alpha value is -1.34. The molecule has 0 aromatic carbocycles. The molecule has 1 heterocycles. The maximum Gasteiger partial charge on any atom is 0.328 e. The SMILES string of the molecule is CCC[N+]([O-])=Cc1ccc(S(=O)(=O)O)o1. The quantitative estimate of drug-likeness (QED) is 0.274. The van der Waals surface area contributed by atoms with Gasteiger partial charge in [0.15, 0.2) is 12.3 Å². The summed E-state index contributed by atoms with van der Waals surface area (Å²) in [4.78, 5) is 0. The maximum absolute atomic E-state index is 11.1. The fourth-order valence-corrected chi connectivity index (χ4v) is 1.41. The van der Waals surface area contributed by atoms with Gasteiger partial charge in [-0.1, -0.05) is 6.92 Å². The van der Waals surface area contributed by atoms with Crippen molar-refractivity contribution in [2.75, 3.05) is 6.54 Å². The van der Waals surface area contributed by atoms with E-state index in [1.54, 1.807) is 0 Å². The molecule has 1 aromatic heterocycles. The lowest BCUT2D eigenvalue weighted by Gasteiger charge is -1.99. The summed E-state index contributed by atoms with van der Waals surface area (Å²) in [5.74, 6) is 0.0890. The first-order valence-electron chi connectivity index (χ1n) is 4.29. The van der Waals surface area contributed by atoms with Gasteiger partial charge in [-0.15, -0.1) is 0 Å². The lowest BCUT2D eigenvalue weighted by molar-refractivity contribution is -0.452. The summed E-state index contributed by atoms with van der Waals surface area (Å²) in [7, 11) is -4.34. The molecule has 0 atom stereocenters. The average Bonchev–Trinajstić information content (AvgIpc) is 2.52. The van der Waals surface area contributed by atoms with Crippen molar-refractivity contribution in [3.05, 3.63) is 23.1 Å². The zero-order valence-corrected chi connectivity index (χ0v) is 8.90. The highest BCUT2D eigenvalue weighted by molar-refractivity contribution is 7.85. The van der Waals surface area contributed by atoms with Crippen molar-refractivity contribution in [1.82, 2.24) is 0 Å². The molecule has 0 fully saturated rings. The van der Waals surface area contributed by atoms with Crippen molar-refractivity contribution in [2.24, 2.45) is 0 Å². The van der Waals surface area contributed by atoms with Crippen molar-refractivity contribution < 1.29 is 22.1 Å². The smallest absolute Gasteiger partial charge is 0.328 e. The van der Waals surface area contributed by atoms with Crippen molar-refractivity contribution in [2.45, 2.75) is 18.4 Å². The summed E-state index contributed by atoms with van der Waals surface area (Å²) in [6, 6.07) is 2.38. The Balaban J connectivity index is 2.91. The van der Waals surface area contributed by atoms with E-state index in [0.29, 0.717) is 17.7 Å². The van der Waals surface area contributed by atoms with Crippen molar-refractivity contribution in [3.8, 4) is 0 Å².